The largest absolute Gasteiger partial charge is 0.301 e. The summed E-state index contributed by atoms with van der Waals surface area (Å²) in [4.78, 5) is 11.4. The van der Waals surface area contributed by atoms with Crippen molar-refractivity contribution in [3.05, 3.63) is 54.6 Å². The van der Waals surface area contributed by atoms with Crippen molar-refractivity contribution in [1.82, 2.24) is 10.2 Å². The smallest absolute Gasteiger partial charge is 0.291 e. The average Bonchev–Trinajstić information content (AvgIpc) is 3.12. The van der Waals surface area contributed by atoms with Gasteiger partial charge in [0, 0.05) is 12.0 Å². The Bertz CT molecular complexity index is 1020. The maximum absolute atomic E-state index is 12.6. The molecule has 2 aromatic carbocycles. The minimum absolute atomic E-state index is 0.147. The Labute approximate surface area is 155 Å². The van der Waals surface area contributed by atoms with Crippen LogP contribution < -0.4 is 10.0 Å². The molecule has 0 radical (unpaired) electrons. The molecule has 0 saturated carbocycles. The summed E-state index contributed by atoms with van der Waals surface area (Å²) in [6.07, 6.45) is 0.268. The lowest BCUT2D eigenvalue weighted by atomic mass is 10.0. The molecule has 7 nitrogen and oxygen atoms in total. The molecule has 9 heteroatoms. The number of rotatable bonds is 6. The van der Waals surface area contributed by atoms with Crippen LogP contribution in [0.15, 0.2) is 58.9 Å². The quantitative estimate of drug-likeness (QED) is 0.631. The van der Waals surface area contributed by atoms with Gasteiger partial charge in [0.15, 0.2) is 0 Å². The summed E-state index contributed by atoms with van der Waals surface area (Å²) < 4.78 is 27.6. The second kappa shape index (κ2) is 7.63. The molecular weight excluding hydrogens is 372 g/mol. The fourth-order valence-electron chi connectivity index (χ4n) is 2.21. The van der Waals surface area contributed by atoms with Gasteiger partial charge in [-0.15, -0.1) is 10.2 Å². The van der Waals surface area contributed by atoms with Gasteiger partial charge in [0.05, 0.1) is 5.69 Å². The predicted octanol–water partition coefficient (Wildman–Crippen LogP) is 3.35. The topological polar surface area (TPSA) is 101 Å². The molecule has 0 fully saturated rings. The highest BCUT2D eigenvalue weighted by Crippen LogP contribution is 2.30. The third-order valence-electron chi connectivity index (χ3n) is 3.46. The Morgan fingerprint density at radius 3 is 2.46 bits per heavy atom. The van der Waals surface area contributed by atoms with Crippen molar-refractivity contribution in [2.45, 2.75) is 17.7 Å². The molecule has 0 spiro atoms. The van der Waals surface area contributed by atoms with Crippen molar-refractivity contribution in [1.29, 1.82) is 0 Å². The molecule has 0 aliphatic carbocycles. The lowest BCUT2D eigenvalue weighted by molar-refractivity contribution is -0.115. The fraction of sp³-hybridized carbons (Fsp3) is 0.118. The second-order valence-electron chi connectivity index (χ2n) is 5.29. The molecule has 0 aliphatic heterocycles. The molecule has 3 rings (SSSR count). The molecule has 3 aromatic rings. The van der Waals surface area contributed by atoms with Crippen molar-refractivity contribution < 1.29 is 13.2 Å². The van der Waals surface area contributed by atoms with Gasteiger partial charge in [0.1, 0.15) is 0 Å². The first-order chi connectivity index (χ1) is 12.5. The molecule has 134 valence electrons. The van der Waals surface area contributed by atoms with E-state index in [0.717, 1.165) is 22.5 Å². The summed E-state index contributed by atoms with van der Waals surface area (Å²) in [5.74, 6) is -0.257. The number of nitrogens with zero attached hydrogens (tertiary/aromatic N) is 2. The minimum atomic E-state index is -3.92. The molecule has 1 amide bonds. The molecule has 1 aromatic heterocycles. The third-order valence-corrected chi connectivity index (χ3v) is 6.03. The SMILES string of the molecule is CCC(=O)Nc1nnc(S(=O)(=O)Nc2ccccc2-c2ccccc2)s1. The first-order valence-corrected chi connectivity index (χ1v) is 10.1. The number of nitrogens with one attached hydrogen (secondary N) is 2. The molecule has 0 saturated heterocycles. The van der Waals surface area contributed by atoms with Crippen LogP contribution >= 0.6 is 11.3 Å². The first kappa shape index (κ1) is 18.0. The van der Waals surface area contributed by atoms with E-state index in [1.54, 1.807) is 19.1 Å². The predicted molar refractivity (Wildman–Crippen MR) is 102 cm³/mol. The van der Waals surface area contributed by atoms with E-state index in [1.165, 1.54) is 0 Å². The second-order valence-corrected chi connectivity index (χ2v) is 8.13. The number of aromatic nitrogens is 2. The Balaban J connectivity index is 1.88. The number of carbonyl (C=O) groups is 1. The van der Waals surface area contributed by atoms with Crippen LogP contribution in [0.3, 0.4) is 0 Å². The number of hydrogen-bond donors (Lipinski definition) is 2. The lowest BCUT2D eigenvalue weighted by Crippen LogP contribution is -2.13. The van der Waals surface area contributed by atoms with Gasteiger partial charge in [-0.1, -0.05) is 66.8 Å². The Hall–Kier alpha value is -2.78. The number of sulfonamides is 1. The summed E-state index contributed by atoms with van der Waals surface area (Å²) in [7, 11) is -3.92. The highest BCUT2D eigenvalue weighted by atomic mass is 32.2. The number of hydrogen-bond acceptors (Lipinski definition) is 6. The molecule has 0 unspecified atom stereocenters. The molecular formula is C17H16N4O3S2. The van der Waals surface area contributed by atoms with Crippen LogP contribution in [0.5, 0.6) is 0 Å². The summed E-state index contributed by atoms with van der Waals surface area (Å²) in [5.41, 5.74) is 2.08. The van der Waals surface area contributed by atoms with Gasteiger partial charge in [-0.25, -0.2) is 0 Å². The van der Waals surface area contributed by atoms with Gasteiger partial charge in [0.25, 0.3) is 14.4 Å². The van der Waals surface area contributed by atoms with Gasteiger partial charge >= 0.3 is 0 Å². The lowest BCUT2D eigenvalue weighted by Gasteiger charge is -2.11. The summed E-state index contributed by atoms with van der Waals surface area (Å²) in [6, 6.07) is 16.6. The van der Waals surface area contributed by atoms with E-state index in [-0.39, 0.29) is 21.8 Å². The van der Waals surface area contributed by atoms with Gasteiger partial charge < -0.3 is 5.32 Å². The molecule has 0 bridgehead atoms. The first-order valence-electron chi connectivity index (χ1n) is 7.80. The monoisotopic (exact) mass is 388 g/mol. The highest BCUT2D eigenvalue weighted by Gasteiger charge is 2.22. The molecule has 26 heavy (non-hydrogen) atoms. The van der Waals surface area contributed by atoms with Crippen LogP contribution in [0, 0.1) is 0 Å². The van der Waals surface area contributed by atoms with Gasteiger partial charge in [0.2, 0.25) is 11.0 Å². The Kier molecular flexibility index (Phi) is 5.29. The van der Waals surface area contributed by atoms with E-state index in [4.69, 9.17) is 0 Å². The van der Waals surface area contributed by atoms with E-state index in [9.17, 15) is 13.2 Å². The van der Waals surface area contributed by atoms with Gasteiger partial charge in [-0.05, 0) is 11.6 Å². The van der Waals surface area contributed by atoms with Crippen LogP contribution in [0.2, 0.25) is 0 Å². The number of amides is 1. The highest BCUT2D eigenvalue weighted by molar-refractivity contribution is 7.94. The summed E-state index contributed by atoms with van der Waals surface area (Å²) >= 11 is 0.800. The van der Waals surface area contributed by atoms with Crippen LogP contribution in [-0.4, -0.2) is 24.5 Å². The summed E-state index contributed by atoms with van der Waals surface area (Å²) in [5, 5.41) is 10.0. The van der Waals surface area contributed by atoms with Crippen molar-refractivity contribution in [3.63, 3.8) is 0 Å². The van der Waals surface area contributed by atoms with Crippen LogP contribution in [0.25, 0.3) is 11.1 Å². The van der Waals surface area contributed by atoms with Crippen LogP contribution in [0.1, 0.15) is 13.3 Å². The third kappa shape index (κ3) is 4.06. The maximum atomic E-state index is 12.6. The zero-order chi connectivity index (χ0) is 18.6. The van der Waals surface area contributed by atoms with Crippen molar-refractivity contribution in [2.75, 3.05) is 10.0 Å². The van der Waals surface area contributed by atoms with E-state index in [0.29, 0.717) is 5.69 Å². The zero-order valence-electron chi connectivity index (χ0n) is 13.8. The maximum Gasteiger partial charge on any atom is 0.291 e. The number of anilines is 2. The Morgan fingerprint density at radius 1 is 1.04 bits per heavy atom. The normalized spacial score (nSPS) is 11.1. The Morgan fingerprint density at radius 2 is 1.73 bits per heavy atom. The molecule has 1 heterocycles. The van der Waals surface area contributed by atoms with Crippen molar-refractivity contribution >= 4 is 38.1 Å². The summed E-state index contributed by atoms with van der Waals surface area (Å²) in [6.45, 7) is 1.69. The van der Waals surface area contributed by atoms with E-state index in [1.807, 2.05) is 42.5 Å². The molecule has 2 N–H and O–H groups in total. The number of para-hydroxylation sites is 1. The average molecular weight is 388 g/mol. The van der Waals surface area contributed by atoms with Gasteiger partial charge in [-0.3, -0.25) is 9.52 Å². The van der Waals surface area contributed by atoms with E-state index >= 15 is 0 Å². The van der Waals surface area contributed by atoms with Crippen LogP contribution in [0.4, 0.5) is 10.8 Å². The fourth-order valence-corrected chi connectivity index (χ4v) is 4.20. The number of benzene rings is 2. The van der Waals surface area contributed by atoms with Crippen molar-refractivity contribution in [2.24, 2.45) is 0 Å². The standard InChI is InChI=1S/C17H16N4O3S2/c1-2-15(22)18-16-19-20-17(25-16)26(23,24)21-14-11-7-6-10-13(14)12-8-4-3-5-9-12/h3-11,21H,2H2,1H3,(H,18,19,22). The van der Waals surface area contributed by atoms with Crippen molar-refractivity contribution in [3.8, 4) is 11.1 Å². The van der Waals surface area contributed by atoms with Gasteiger partial charge in [-0.2, -0.15) is 8.42 Å². The molecule has 0 aliphatic rings. The van der Waals surface area contributed by atoms with Crippen LogP contribution in [-0.2, 0) is 14.8 Å². The number of carbonyl (C=O) groups excluding carboxylic acids is 1. The molecule has 0 atom stereocenters. The van der Waals surface area contributed by atoms with E-state index < -0.39 is 10.0 Å². The van der Waals surface area contributed by atoms with E-state index in [2.05, 4.69) is 20.2 Å². The minimum Gasteiger partial charge on any atom is -0.301 e. The zero-order valence-corrected chi connectivity index (χ0v) is 15.5.